The molecule has 0 spiro atoms. The second-order valence-corrected chi connectivity index (χ2v) is 10.1. The van der Waals surface area contributed by atoms with Gasteiger partial charge in [0, 0.05) is 10.2 Å². The standard InChI is InChI=1S/C25H21BrN6O3S/c1-13-3-7-20(14(2)9-13)32-23(17-10-15(26)4-8-21(17)33)30-31-25(32)36-12-22(34)27-16-5-6-18-19(11-16)29-24(35)28-18/h3-11,33H,12H2,1-2H3,(H,27,34)(H2,28,29,35). The Morgan fingerprint density at radius 2 is 1.86 bits per heavy atom. The minimum absolute atomic E-state index is 0.0732. The van der Waals surface area contributed by atoms with E-state index < -0.39 is 0 Å². The van der Waals surface area contributed by atoms with E-state index in [1.165, 1.54) is 11.8 Å². The molecule has 9 nitrogen and oxygen atoms in total. The van der Waals surface area contributed by atoms with Crippen LogP contribution in [0.1, 0.15) is 11.1 Å². The Morgan fingerprint density at radius 3 is 2.67 bits per heavy atom. The lowest BCUT2D eigenvalue weighted by atomic mass is 10.1. The Labute approximate surface area is 218 Å². The first-order valence-corrected chi connectivity index (χ1v) is 12.7. The van der Waals surface area contributed by atoms with Gasteiger partial charge in [-0.3, -0.25) is 9.36 Å². The number of hydrogen-bond acceptors (Lipinski definition) is 6. The predicted molar refractivity (Wildman–Crippen MR) is 144 cm³/mol. The third-order valence-electron chi connectivity index (χ3n) is 5.56. The van der Waals surface area contributed by atoms with E-state index in [4.69, 9.17) is 0 Å². The van der Waals surface area contributed by atoms with Crippen LogP contribution in [0, 0.1) is 13.8 Å². The van der Waals surface area contributed by atoms with Gasteiger partial charge in [-0.05, 0) is 61.9 Å². The van der Waals surface area contributed by atoms with Gasteiger partial charge >= 0.3 is 5.69 Å². The molecule has 0 saturated heterocycles. The fourth-order valence-electron chi connectivity index (χ4n) is 3.94. The second kappa shape index (κ2) is 9.67. The van der Waals surface area contributed by atoms with Crippen molar-refractivity contribution in [3.63, 3.8) is 0 Å². The molecule has 11 heteroatoms. The van der Waals surface area contributed by atoms with Gasteiger partial charge < -0.3 is 20.4 Å². The lowest BCUT2D eigenvalue weighted by molar-refractivity contribution is -0.113. The summed E-state index contributed by atoms with van der Waals surface area (Å²) in [5.74, 6) is 0.378. The molecule has 182 valence electrons. The number of hydrogen-bond donors (Lipinski definition) is 4. The van der Waals surface area contributed by atoms with Gasteiger partial charge in [0.1, 0.15) is 5.75 Å². The third kappa shape index (κ3) is 4.79. The summed E-state index contributed by atoms with van der Waals surface area (Å²) in [6.07, 6.45) is 0. The van der Waals surface area contributed by atoms with Crippen molar-refractivity contribution in [2.75, 3.05) is 11.1 Å². The Balaban J connectivity index is 1.45. The number of thioether (sulfide) groups is 1. The van der Waals surface area contributed by atoms with Crippen LogP contribution in [0.4, 0.5) is 5.69 Å². The molecule has 0 unspecified atom stereocenters. The molecule has 0 saturated carbocycles. The Hall–Kier alpha value is -3.83. The number of anilines is 1. The average molecular weight is 565 g/mol. The molecule has 0 radical (unpaired) electrons. The fourth-order valence-corrected chi connectivity index (χ4v) is 5.04. The van der Waals surface area contributed by atoms with Gasteiger partial charge in [-0.1, -0.05) is 45.4 Å². The molecule has 1 amide bonds. The number of halogens is 1. The number of amides is 1. The molecular weight excluding hydrogens is 544 g/mol. The van der Waals surface area contributed by atoms with Crippen molar-refractivity contribution in [3.05, 3.63) is 80.7 Å². The quantitative estimate of drug-likeness (QED) is 0.217. The molecule has 36 heavy (non-hydrogen) atoms. The van der Waals surface area contributed by atoms with Crippen LogP contribution in [0.25, 0.3) is 28.1 Å². The lowest BCUT2D eigenvalue weighted by Crippen LogP contribution is -2.14. The van der Waals surface area contributed by atoms with Crippen LogP contribution in [-0.2, 0) is 4.79 Å². The number of aromatic nitrogens is 5. The SMILES string of the molecule is Cc1ccc(-n2c(SCC(=O)Nc3ccc4[nH]c(=O)[nH]c4c3)nnc2-c2cc(Br)ccc2O)c(C)c1. The summed E-state index contributed by atoms with van der Waals surface area (Å²) in [5.41, 5.74) is 5.03. The maximum atomic E-state index is 12.7. The van der Waals surface area contributed by atoms with Crippen LogP contribution < -0.4 is 11.0 Å². The van der Waals surface area contributed by atoms with Crippen LogP contribution in [0.3, 0.4) is 0 Å². The van der Waals surface area contributed by atoms with Crippen LogP contribution in [-0.4, -0.2) is 41.5 Å². The highest BCUT2D eigenvalue weighted by molar-refractivity contribution is 9.10. The van der Waals surface area contributed by atoms with Crippen molar-refractivity contribution in [2.45, 2.75) is 19.0 Å². The molecule has 5 rings (SSSR count). The van der Waals surface area contributed by atoms with E-state index in [0.717, 1.165) is 21.3 Å². The number of fused-ring (bicyclic) bond motifs is 1. The van der Waals surface area contributed by atoms with Gasteiger partial charge in [-0.2, -0.15) is 0 Å². The van der Waals surface area contributed by atoms with Gasteiger partial charge in [0.2, 0.25) is 5.91 Å². The zero-order chi connectivity index (χ0) is 25.4. The van der Waals surface area contributed by atoms with E-state index >= 15 is 0 Å². The Kier molecular flexibility index (Phi) is 6.42. The smallest absolute Gasteiger partial charge is 0.323 e. The molecule has 4 N–H and O–H groups in total. The zero-order valence-electron chi connectivity index (χ0n) is 19.3. The largest absolute Gasteiger partial charge is 0.507 e. The number of nitrogens with zero attached hydrogens (tertiary/aromatic N) is 3. The van der Waals surface area contributed by atoms with E-state index in [9.17, 15) is 14.7 Å². The number of aromatic hydroxyl groups is 1. The number of phenolic OH excluding ortho intramolecular Hbond substituents is 1. The number of imidazole rings is 1. The van der Waals surface area contributed by atoms with Crippen molar-refractivity contribution in [1.29, 1.82) is 0 Å². The monoisotopic (exact) mass is 564 g/mol. The summed E-state index contributed by atoms with van der Waals surface area (Å²) in [6, 6.07) is 16.3. The molecule has 0 aliphatic heterocycles. The molecule has 0 aliphatic carbocycles. The van der Waals surface area contributed by atoms with Crippen LogP contribution in [0.5, 0.6) is 5.75 Å². The van der Waals surface area contributed by atoms with E-state index in [2.05, 4.69) is 47.5 Å². The molecule has 0 fully saturated rings. The van der Waals surface area contributed by atoms with E-state index in [-0.39, 0.29) is 23.1 Å². The molecule has 0 atom stereocenters. The van der Waals surface area contributed by atoms with E-state index in [0.29, 0.717) is 33.3 Å². The number of aromatic amines is 2. The number of benzene rings is 3. The van der Waals surface area contributed by atoms with Gasteiger partial charge in [0.15, 0.2) is 11.0 Å². The van der Waals surface area contributed by atoms with Gasteiger partial charge in [-0.15, -0.1) is 10.2 Å². The van der Waals surface area contributed by atoms with Gasteiger partial charge in [0.25, 0.3) is 0 Å². The maximum Gasteiger partial charge on any atom is 0.323 e. The number of H-pyrrole nitrogens is 2. The highest BCUT2D eigenvalue weighted by atomic mass is 79.9. The number of carbonyl (C=O) groups excluding carboxylic acids is 1. The summed E-state index contributed by atoms with van der Waals surface area (Å²) in [4.78, 5) is 29.6. The van der Waals surface area contributed by atoms with Crippen molar-refractivity contribution in [2.24, 2.45) is 0 Å². The molecule has 2 aromatic heterocycles. The van der Waals surface area contributed by atoms with Crippen molar-refractivity contribution < 1.29 is 9.90 Å². The maximum absolute atomic E-state index is 12.7. The molecule has 3 aromatic carbocycles. The first-order valence-electron chi connectivity index (χ1n) is 10.9. The number of nitrogens with one attached hydrogen (secondary N) is 3. The number of rotatable bonds is 6. The first kappa shape index (κ1) is 23.9. The topological polar surface area (TPSA) is 129 Å². The lowest BCUT2D eigenvalue weighted by Gasteiger charge is -2.14. The molecule has 5 aromatic rings. The molecular formula is C25H21BrN6O3S. The van der Waals surface area contributed by atoms with E-state index in [1.807, 2.05) is 30.5 Å². The van der Waals surface area contributed by atoms with Crippen molar-refractivity contribution >= 4 is 50.3 Å². The number of aryl methyl sites for hydroxylation is 2. The highest BCUT2D eigenvalue weighted by Crippen LogP contribution is 2.35. The number of phenols is 1. The molecule has 0 aliphatic rings. The normalized spacial score (nSPS) is 11.2. The summed E-state index contributed by atoms with van der Waals surface area (Å²) < 4.78 is 2.64. The average Bonchev–Trinajstić information content (AvgIpc) is 3.41. The third-order valence-corrected chi connectivity index (χ3v) is 6.98. The van der Waals surface area contributed by atoms with Crippen LogP contribution >= 0.6 is 27.7 Å². The fraction of sp³-hybridized carbons (Fsp3) is 0.120. The Bertz CT molecular complexity index is 1670. The second-order valence-electron chi connectivity index (χ2n) is 8.27. The van der Waals surface area contributed by atoms with Crippen molar-refractivity contribution in [1.82, 2.24) is 24.7 Å². The molecule has 0 bridgehead atoms. The van der Waals surface area contributed by atoms with Gasteiger partial charge in [-0.25, -0.2) is 4.79 Å². The minimum atomic E-state index is -0.304. The summed E-state index contributed by atoms with van der Waals surface area (Å²) in [7, 11) is 0. The molecule has 2 heterocycles. The summed E-state index contributed by atoms with van der Waals surface area (Å²) in [5, 5.41) is 22.6. The summed E-state index contributed by atoms with van der Waals surface area (Å²) >= 11 is 4.69. The first-order chi connectivity index (χ1) is 17.3. The van der Waals surface area contributed by atoms with Crippen LogP contribution in [0.2, 0.25) is 0 Å². The van der Waals surface area contributed by atoms with Gasteiger partial charge in [0.05, 0.1) is 28.0 Å². The Morgan fingerprint density at radius 1 is 1.06 bits per heavy atom. The number of carbonyl (C=O) groups is 1. The van der Waals surface area contributed by atoms with Crippen LogP contribution in [0.15, 0.2) is 69.0 Å². The minimum Gasteiger partial charge on any atom is -0.507 e. The summed E-state index contributed by atoms with van der Waals surface area (Å²) in [6.45, 7) is 4.01. The predicted octanol–water partition coefficient (Wildman–Crippen LogP) is 4.92. The zero-order valence-corrected chi connectivity index (χ0v) is 21.7. The van der Waals surface area contributed by atoms with Crippen molar-refractivity contribution in [3.8, 4) is 22.8 Å². The van der Waals surface area contributed by atoms with E-state index in [1.54, 1.807) is 36.4 Å². The highest BCUT2D eigenvalue weighted by Gasteiger charge is 2.21.